The summed E-state index contributed by atoms with van der Waals surface area (Å²) in [5.41, 5.74) is 5.77. The molecule has 3 amide bonds. The summed E-state index contributed by atoms with van der Waals surface area (Å²) in [4.78, 5) is 57.8. The number of benzene rings is 1. The maximum atomic E-state index is 12.2. The minimum Gasteiger partial charge on any atom is -0.480 e. The van der Waals surface area contributed by atoms with E-state index in [0.717, 1.165) is 11.8 Å². The molecule has 13 nitrogen and oxygen atoms in total. The Morgan fingerprint density at radius 2 is 1.67 bits per heavy atom. The Bertz CT molecular complexity index is 854. The molecule has 1 unspecified atom stereocenters. The zero-order valence-corrected chi connectivity index (χ0v) is 20.0. The number of anilines is 1. The Hall–Kier alpha value is -2.64. The summed E-state index contributed by atoms with van der Waals surface area (Å²) in [6.07, 6.45) is -0.419. The Labute approximate surface area is 198 Å². The predicted octanol–water partition coefficient (Wildman–Crippen LogP) is -3.08. The van der Waals surface area contributed by atoms with Crippen LogP contribution in [-0.2, 0) is 24.0 Å². The number of hydrogen-bond donors (Lipinski definition) is 8. The minimum atomic E-state index is -2.99. The van der Waals surface area contributed by atoms with Gasteiger partial charge in [-0.05, 0) is 6.42 Å². The second-order valence-electron chi connectivity index (χ2n) is 6.61. The third-order valence-corrected chi connectivity index (χ3v) is 6.59. The van der Waals surface area contributed by atoms with Gasteiger partial charge in [0.15, 0.2) is 0 Å². The van der Waals surface area contributed by atoms with Crippen molar-refractivity contribution in [3.63, 3.8) is 0 Å². The number of hydrogen-bond acceptors (Lipinski definition) is 9. The van der Waals surface area contributed by atoms with E-state index in [1.165, 1.54) is 24.3 Å². The monoisotopic (exact) mass is 548 g/mol. The van der Waals surface area contributed by atoms with Crippen LogP contribution in [-0.4, -0.2) is 93.5 Å². The van der Waals surface area contributed by atoms with Crippen molar-refractivity contribution in [3.05, 3.63) is 24.3 Å². The van der Waals surface area contributed by atoms with Gasteiger partial charge in [-0.25, -0.2) is 0 Å². The van der Waals surface area contributed by atoms with Crippen LogP contribution in [0.1, 0.15) is 12.8 Å². The summed E-state index contributed by atoms with van der Waals surface area (Å²) in [6, 6.07) is 3.58. The fraction of sp³-hybridized carbons (Fsp3) is 0.389. The number of carbonyl (C=O) groups is 5. The van der Waals surface area contributed by atoms with Crippen LogP contribution in [0.4, 0.5) is 5.69 Å². The van der Waals surface area contributed by atoms with Crippen LogP contribution >= 0.6 is 11.8 Å². The van der Waals surface area contributed by atoms with Gasteiger partial charge in [0.05, 0.1) is 0 Å². The normalized spacial score (nSPS) is 12.5. The number of carbonyl (C=O) groups excluding carboxylic acids is 3. The Morgan fingerprint density at radius 1 is 1.03 bits per heavy atom. The van der Waals surface area contributed by atoms with Gasteiger partial charge in [-0.3, -0.25) is 14.4 Å². The van der Waals surface area contributed by atoms with Crippen LogP contribution in [0.25, 0.3) is 0 Å². The molecule has 1 rings (SSSR count). The van der Waals surface area contributed by atoms with Crippen molar-refractivity contribution in [2.24, 2.45) is 5.73 Å². The number of aliphatic carboxylic acids is 2. The molecule has 0 aliphatic heterocycles. The zero-order chi connectivity index (χ0) is 25.0. The van der Waals surface area contributed by atoms with E-state index in [1.807, 2.05) is 0 Å². The molecule has 2 atom stereocenters. The average Bonchev–Trinajstić information content (AvgIpc) is 2.75. The van der Waals surface area contributed by atoms with Gasteiger partial charge in [-0.2, -0.15) is 0 Å². The molecule has 0 fully saturated rings. The van der Waals surface area contributed by atoms with Crippen molar-refractivity contribution in [3.8, 4) is 0 Å². The summed E-state index contributed by atoms with van der Waals surface area (Å²) in [5.74, 6) is -4.55. The van der Waals surface area contributed by atoms with Crippen LogP contribution in [0.3, 0.4) is 0 Å². The SMILES string of the molecule is N[C@@H](CCC(=O)NC(CSCC(=O)Nc1ccc([As](O)O)cc1)C(=O)NCC(=O)O)C(=O)O. The van der Waals surface area contributed by atoms with Crippen LogP contribution in [0.15, 0.2) is 24.3 Å². The molecular weight excluding hydrogens is 523 g/mol. The summed E-state index contributed by atoms with van der Waals surface area (Å²) >= 11 is -1.99. The molecule has 0 aliphatic rings. The third kappa shape index (κ3) is 11.7. The first-order chi connectivity index (χ1) is 15.5. The zero-order valence-electron chi connectivity index (χ0n) is 17.3. The van der Waals surface area contributed by atoms with Gasteiger partial charge in [0.1, 0.15) is 12.6 Å². The molecule has 0 heterocycles. The summed E-state index contributed by atoms with van der Waals surface area (Å²) in [5, 5.41) is 24.6. The van der Waals surface area contributed by atoms with E-state index in [9.17, 15) is 32.2 Å². The first-order valence-corrected chi connectivity index (χ1v) is 13.2. The first-order valence-electron chi connectivity index (χ1n) is 9.42. The molecule has 0 aromatic heterocycles. The number of nitrogens with one attached hydrogen (secondary N) is 3. The Balaban J connectivity index is 2.60. The quantitative estimate of drug-likeness (QED) is 0.109. The van der Waals surface area contributed by atoms with Crippen molar-refractivity contribution in [2.45, 2.75) is 24.9 Å². The van der Waals surface area contributed by atoms with Crippen LogP contribution < -0.4 is 26.0 Å². The third-order valence-electron chi connectivity index (χ3n) is 3.96. The number of amides is 3. The molecule has 0 spiro atoms. The van der Waals surface area contributed by atoms with Gasteiger partial charge in [-0.15, -0.1) is 0 Å². The minimum absolute atomic E-state index is 0.0584. The summed E-state index contributed by atoms with van der Waals surface area (Å²) < 4.78 is 18.8. The molecule has 33 heavy (non-hydrogen) atoms. The van der Waals surface area contributed by atoms with Crippen molar-refractivity contribution in [1.29, 1.82) is 0 Å². The van der Waals surface area contributed by atoms with Crippen molar-refractivity contribution in [1.82, 2.24) is 10.6 Å². The van der Waals surface area contributed by atoms with E-state index in [2.05, 4.69) is 16.0 Å². The fourth-order valence-electron chi connectivity index (χ4n) is 2.29. The number of thioether (sulfide) groups is 1. The second kappa shape index (κ2) is 14.5. The molecule has 182 valence electrons. The van der Waals surface area contributed by atoms with Gasteiger partial charge in [0.25, 0.3) is 0 Å². The van der Waals surface area contributed by atoms with Crippen molar-refractivity contribution in [2.75, 3.05) is 23.4 Å². The summed E-state index contributed by atoms with van der Waals surface area (Å²) in [7, 11) is 0. The topological polar surface area (TPSA) is 228 Å². The van der Waals surface area contributed by atoms with E-state index in [1.54, 1.807) is 0 Å². The summed E-state index contributed by atoms with van der Waals surface area (Å²) in [6.45, 7) is -0.665. The van der Waals surface area contributed by atoms with Crippen molar-refractivity contribution < 1.29 is 42.4 Å². The van der Waals surface area contributed by atoms with Crippen molar-refractivity contribution >= 4 is 66.8 Å². The number of carboxylic acid groups (broad SMARTS) is 2. The van der Waals surface area contributed by atoms with Gasteiger partial charge < -0.3 is 15.9 Å². The second-order valence-corrected chi connectivity index (χ2v) is 9.94. The smallest absolute Gasteiger partial charge is 0.480 e. The Kier molecular flexibility index (Phi) is 12.5. The van der Waals surface area contributed by atoms with Gasteiger partial charge >= 0.3 is 142 Å². The maximum absolute atomic E-state index is 12.2. The van der Waals surface area contributed by atoms with E-state index < -0.39 is 63.6 Å². The molecule has 0 saturated heterocycles. The van der Waals surface area contributed by atoms with Gasteiger partial charge in [0, 0.05) is 6.42 Å². The number of nitrogens with two attached hydrogens (primary N) is 1. The fourth-order valence-corrected chi connectivity index (χ4v) is 4.01. The predicted molar refractivity (Wildman–Crippen MR) is 120 cm³/mol. The number of carboxylic acids is 2. The van der Waals surface area contributed by atoms with Crippen LogP contribution in [0.2, 0.25) is 0 Å². The molecule has 15 heteroatoms. The molecular formula is C18H25AsN4O9S. The van der Waals surface area contributed by atoms with E-state index in [-0.39, 0.29) is 24.3 Å². The first kappa shape index (κ1) is 28.4. The van der Waals surface area contributed by atoms with Gasteiger partial charge in [0.2, 0.25) is 0 Å². The molecule has 0 saturated carbocycles. The molecule has 0 aliphatic carbocycles. The van der Waals surface area contributed by atoms with Crippen LogP contribution in [0, 0.1) is 0 Å². The standard InChI is InChI=1S/C18H25AsN4O9S/c20-12(18(29)30)5-6-14(24)23-13(17(28)21-7-16(26)27)8-33-9-15(25)22-11-3-1-10(2-4-11)19(31)32/h1-4,12-13,31-32H,5-9,20H2,(H,21,28)(H,22,25)(H,23,24)(H,26,27)(H,29,30)/t12-,13?/m0/s1. The van der Waals surface area contributed by atoms with E-state index >= 15 is 0 Å². The molecule has 1 aromatic carbocycles. The molecule has 1 aromatic rings. The Morgan fingerprint density at radius 3 is 2.21 bits per heavy atom. The average molecular weight is 548 g/mol. The molecule has 0 radical (unpaired) electrons. The van der Waals surface area contributed by atoms with E-state index in [4.69, 9.17) is 15.9 Å². The van der Waals surface area contributed by atoms with Gasteiger partial charge in [-0.1, -0.05) is 0 Å². The molecule has 9 N–H and O–H groups in total. The van der Waals surface area contributed by atoms with E-state index in [0.29, 0.717) is 10.0 Å². The van der Waals surface area contributed by atoms with Crippen LogP contribution in [0.5, 0.6) is 0 Å². The number of rotatable bonds is 14. The molecule has 0 bridgehead atoms.